The van der Waals surface area contributed by atoms with E-state index < -0.39 is 5.60 Å². The molecule has 1 fully saturated rings. The number of pyridine rings is 1. The Morgan fingerprint density at radius 3 is 2.65 bits per heavy atom. The zero-order chi connectivity index (χ0) is 19.1. The highest BCUT2D eigenvalue weighted by atomic mass is 35.5. The molecule has 3 heterocycles. The molecule has 0 radical (unpaired) electrons. The van der Waals surface area contributed by atoms with Gasteiger partial charge in [0.25, 0.3) is 0 Å². The molecule has 7 nitrogen and oxygen atoms in total. The number of ether oxygens (including phenoxy) is 1. The molecule has 3 rings (SSSR count). The van der Waals surface area contributed by atoms with Gasteiger partial charge in [-0.2, -0.15) is 0 Å². The van der Waals surface area contributed by atoms with Gasteiger partial charge in [0, 0.05) is 31.9 Å². The number of rotatable bonds is 1. The van der Waals surface area contributed by atoms with Crippen molar-refractivity contribution >= 4 is 46.3 Å². The third-order valence-electron chi connectivity index (χ3n) is 3.98. The molecule has 1 amide bonds. The van der Waals surface area contributed by atoms with Crippen LogP contribution in [0.25, 0.3) is 11.2 Å². The second kappa shape index (κ2) is 7.04. The molecule has 1 aliphatic rings. The normalized spacial score (nSPS) is 18.3. The van der Waals surface area contributed by atoms with Crippen molar-refractivity contribution < 1.29 is 9.53 Å². The number of carbonyl (C=O) groups is 1. The number of amides is 1. The summed E-state index contributed by atoms with van der Waals surface area (Å²) in [5.74, 6) is 0.560. The van der Waals surface area contributed by atoms with E-state index in [2.05, 4.69) is 15.0 Å². The average molecular weight is 398 g/mol. The highest BCUT2D eigenvalue weighted by Crippen LogP contribution is 2.27. The lowest BCUT2D eigenvalue weighted by Gasteiger charge is -2.40. The summed E-state index contributed by atoms with van der Waals surface area (Å²) in [6, 6.07) is 1.63. The molecule has 140 valence electrons. The van der Waals surface area contributed by atoms with Gasteiger partial charge in [0.1, 0.15) is 11.1 Å². The number of carbonyl (C=O) groups excluding carboxylic acids is 1. The Bertz CT molecular complexity index is 840. The van der Waals surface area contributed by atoms with Crippen molar-refractivity contribution in [1.29, 1.82) is 0 Å². The molecule has 1 aliphatic heterocycles. The fourth-order valence-electron chi connectivity index (χ4n) is 2.83. The van der Waals surface area contributed by atoms with E-state index in [4.69, 9.17) is 27.9 Å². The van der Waals surface area contributed by atoms with Gasteiger partial charge in [-0.3, -0.25) is 0 Å². The summed E-state index contributed by atoms with van der Waals surface area (Å²) in [6.07, 6.45) is 1.22. The van der Waals surface area contributed by atoms with Gasteiger partial charge < -0.3 is 14.5 Å². The lowest BCUT2D eigenvalue weighted by molar-refractivity contribution is 0.0158. The first-order valence-electron chi connectivity index (χ1n) is 8.37. The zero-order valence-corrected chi connectivity index (χ0v) is 16.7. The Morgan fingerprint density at radius 1 is 1.27 bits per heavy atom. The highest BCUT2D eigenvalue weighted by Gasteiger charge is 2.32. The van der Waals surface area contributed by atoms with Gasteiger partial charge in [0.2, 0.25) is 0 Å². The van der Waals surface area contributed by atoms with Crippen LogP contribution in [0.5, 0.6) is 0 Å². The number of fused-ring (bicyclic) bond motifs is 1. The van der Waals surface area contributed by atoms with Crippen molar-refractivity contribution in [1.82, 2.24) is 19.9 Å². The molecule has 2 aromatic rings. The fraction of sp³-hybridized carbons (Fsp3) is 0.529. The number of piperazine rings is 1. The summed E-state index contributed by atoms with van der Waals surface area (Å²) < 4.78 is 5.47. The molecular formula is C17H21Cl2N5O2. The molecule has 0 aliphatic carbocycles. The van der Waals surface area contributed by atoms with E-state index in [1.807, 2.05) is 32.6 Å². The topological polar surface area (TPSA) is 71.5 Å². The quantitative estimate of drug-likeness (QED) is 0.728. The van der Waals surface area contributed by atoms with Gasteiger partial charge in [-0.15, -0.1) is 0 Å². The van der Waals surface area contributed by atoms with Crippen molar-refractivity contribution in [2.45, 2.75) is 39.3 Å². The Labute approximate surface area is 162 Å². The number of aromatic nitrogens is 3. The van der Waals surface area contributed by atoms with Gasteiger partial charge in [-0.05, 0) is 33.8 Å². The molecule has 1 saturated heterocycles. The molecule has 2 aromatic heterocycles. The molecule has 26 heavy (non-hydrogen) atoms. The van der Waals surface area contributed by atoms with Gasteiger partial charge in [-0.25, -0.2) is 19.7 Å². The fourth-order valence-corrected chi connectivity index (χ4v) is 3.24. The van der Waals surface area contributed by atoms with E-state index in [9.17, 15) is 4.79 Å². The summed E-state index contributed by atoms with van der Waals surface area (Å²) in [6.45, 7) is 9.21. The van der Waals surface area contributed by atoms with E-state index in [-0.39, 0.29) is 12.1 Å². The van der Waals surface area contributed by atoms with Crippen LogP contribution < -0.4 is 4.90 Å². The van der Waals surface area contributed by atoms with Gasteiger partial charge in [0.05, 0.1) is 5.02 Å². The van der Waals surface area contributed by atoms with Crippen LogP contribution in [0.2, 0.25) is 10.2 Å². The number of anilines is 1. The molecule has 1 atom stereocenters. The molecule has 0 spiro atoms. The minimum atomic E-state index is -0.520. The SMILES string of the molecule is CC1CN(c2nc3ncc(Cl)cc3nc2Cl)CCN1C(=O)OC(C)(C)C. The molecule has 0 N–H and O–H groups in total. The largest absolute Gasteiger partial charge is 0.444 e. The maximum absolute atomic E-state index is 12.3. The van der Waals surface area contributed by atoms with Crippen LogP contribution in [0.3, 0.4) is 0 Å². The van der Waals surface area contributed by atoms with Crippen LogP contribution in [0.15, 0.2) is 12.3 Å². The van der Waals surface area contributed by atoms with Crippen LogP contribution in [0.1, 0.15) is 27.7 Å². The number of nitrogens with zero attached hydrogens (tertiary/aromatic N) is 5. The summed E-state index contributed by atoms with van der Waals surface area (Å²) in [5, 5.41) is 0.773. The molecule has 1 unspecified atom stereocenters. The zero-order valence-electron chi connectivity index (χ0n) is 15.2. The lowest BCUT2D eigenvalue weighted by atomic mass is 10.2. The van der Waals surface area contributed by atoms with E-state index in [0.717, 1.165) is 0 Å². The van der Waals surface area contributed by atoms with Gasteiger partial charge >= 0.3 is 6.09 Å². The Balaban J connectivity index is 1.78. The summed E-state index contributed by atoms with van der Waals surface area (Å²) in [4.78, 5) is 29.2. The Morgan fingerprint density at radius 2 is 2.00 bits per heavy atom. The Hall–Kier alpha value is -1.86. The van der Waals surface area contributed by atoms with Crippen LogP contribution in [0.4, 0.5) is 10.6 Å². The third-order valence-corrected chi connectivity index (χ3v) is 4.44. The summed E-state index contributed by atoms with van der Waals surface area (Å²) >= 11 is 12.3. The molecule has 0 aromatic carbocycles. The average Bonchev–Trinajstić information content (AvgIpc) is 2.52. The van der Waals surface area contributed by atoms with Crippen LogP contribution >= 0.6 is 23.2 Å². The molecule has 0 saturated carbocycles. The van der Waals surface area contributed by atoms with Crippen molar-refractivity contribution in [2.75, 3.05) is 24.5 Å². The van der Waals surface area contributed by atoms with Gasteiger partial charge in [-0.1, -0.05) is 23.2 Å². The first kappa shape index (κ1) is 18.9. The molecular weight excluding hydrogens is 377 g/mol. The van der Waals surface area contributed by atoms with Crippen molar-refractivity contribution in [3.05, 3.63) is 22.4 Å². The van der Waals surface area contributed by atoms with Crippen molar-refractivity contribution in [2.24, 2.45) is 0 Å². The number of hydrogen-bond donors (Lipinski definition) is 0. The first-order valence-corrected chi connectivity index (χ1v) is 9.13. The molecule has 0 bridgehead atoms. The predicted octanol–water partition coefficient (Wildman–Crippen LogP) is 3.78. The Kier molecular flexibility index (Phi) is 5.12. The second-order valence-corrected chi connectivity index (χ2v) is 8.10. The van der Waals surface area contributed by atoms with E-state index in [1.54, 1.807) is 11.0 Å². The third kappa shape index (κ3) is 4.10. The van der Waals surface area contributed by atoms with Crippen molar-refractivity contribution in [3.8, 4) is 0 Å². The van der Waals surface area contributed by atoms with Crippen LogP contribution in [-0.4, -0.2) is 57.2 Å². The second-order valence-electron chi connectivity index (χ2n) is 7.30. The maximum atomic E-state index is 12.3. The number of hydrogen-bond acceptors (Lipinski definition) is 6. The van der Waals surface area contributed by atoms with E-state index >= 15 is 0 Å². The van der Waals surface area contributed by atoms with Gasteiger partial charge in [0.15, 0.2) is 16.6 Å². The van der Waals surface area contributed by atoms with Crippen molar-refractivity contribution in [3.63, 3.8) is 0 Å². The minimum absolute atomic E-state index is 0.0506. The predicted molar refractivity (Wildman–Crippen MR) is 102 cm³/mol. The van der Waals surface area contributed by atoms with Crippen LogP contribution in [0, 0.1) is 0 Å². The standard InChI is InChI=1S/C17H21Cl2N5O2/c1-10-9-23(5-6-24(10)16(25)26-17(2,3)4)15-13(19)21-12-7-11(18)8-20-14(12)22-15/h7-8,10H,5-6,9H2,1-4H3. The highest BCUT2D eigenvalue weighted by molar-refractivity contribution is 6.32. The number of halogens is 2. The maximum Gasteiger partial charge on any atom is 0.410 e. The minimum Gasteiger partial charge on any atom is -0.444 e. The first-order chi connectivity index (χ1) is 12.1. The summed E-state index contributed by atoms with van der Waals surface area (Å²) in [5.41, 5.74) is 0.510. The van der Waals surface area contributed by atoms with E-state index in [0.29, 0.717) is 46.8 Å². The smallest absolute Gasteiger partial charge is 0.410 e. The molecule has 9 heteroatoms. The summed E-state index contributed by atoms with van der Waals surface area (Å²) in [7, 11) is 0. The monoisotopic (exact) mass is 397 g/mol. The van der Waals surface area contributed by atoms with E-state index in [1.165, 1.54) is 6.20 Å². The van der Waals surface area contributed by atoms with Crippen LogP contribution in [-0.2, 0) is 4.74 Å². The lowest BCUT2D eigenvalue weighted by Crippen LogP contribution is -2.55.